The van der Waals surface area contributed by atoms with Crippen molar-refractivity contribution < 1.29 is 33.8 Å². The number of fused-ring (bicyclic) bond motifs is 3. The largest absolute Gasteiger partial charge is 0.480 e. The molecule has 0 saturated heterocycles. The second-order valence-electron chi connectivity index (χ2n) is 8.85. The molecule has 2 aliphatic carbocycles. The molecule has 0 spiro atoms. The van der Waals surface area contributed by atoms with E-state index in [1.54, 1.807) is 0 Å². The molecule has 0 aliphatic heterocycles. The number of ether oxygens (including phenoxy) is 2. The van der Waals surface area contributed by atoms with Gasteiger partial charge in [-0.2, -0.15) is 0 Å². The molecule has 2 aromatic rings. The van der Waals surface area contributed by atoms with Crippen molar-refractivity contribution in [2.45, 2.75) is 43.7 Å². The molecular weight excluding hydrogens is 452 g/mol. The number of nitrogens with one attached hydrogen (secondary N) is 2. The van der Waals surface area contributed by atoms with Gasteiger partial charge in [0.2, 0.25) is 5.91 Å². The van der Waals surface area contributed by atoms with Crippen LogP contribution in [0.25, 0.3) is 11.1 Å². The summed E-state index contributed by atoms with van der Waals surface area (Å²) in [7, 11) is 1.22. The highest BCUT2D eigenvalue weighted by atomic mass is 16.5. The Balaban J connectivity index is 1.23. The van der Waals surface area contributed by atoms with Crippen LogP contribution in [-0.4, -0.2) is 54.8 Å². The van der Waals surface area contributed by atoms with E-state index in [9.17, 15) is 24.3 Å². The number of hydrogen-bond acceptors (Lipinski definition) is 6. The molecule has 1 atom stereocenters. The highest BCUT2D eigenvalue weighted by Crippen LogP contribution is 2.44. The molecule has 2 aliphatic rings. The summed E-state index contributed by atoms with van der Waals surface area (Å²) >= 11 is 0. The first-order valence-electron chi connectivity index (χ1n) is 11.6. The number of benzene rings is 2. The monoisotopic (exact) mass is 480 g/mol. The molecule has 9 heteroatoms. The van der Waals surface area contributed by atoms with Crippen molar-refractivity contribution in [2.24, 2.45) is 5.92 Å². The molecule has 0 aromatic heterocycles. The number of aliphatic carboxylic acids is 1. The van der Waals surface area contributed by atoms with Gasteiger partial charge in [0.15, 0.2) is 0 Å². The Hall–Kier alpha value is -3.88. The summed E-state index contributed by atoms with van der Waals surface area (Å²) in [4.78, 5) is 47.4. The predicted molar refractivity (Wildman–Crippen MR) is 126 cm³/mol. The number of carboxylic acids is 1. The van der Waals surface area contributed by atoms with Crippen molar-refractivity contribution in [1.82, 2.24) is 10.6 Å². The molecule has 2 aromatic carbocycles. The average molecular weight is 481 g/mol. The van der Waals surface area contributed by atoms with Gasteiger partial charge in [-0.1, -0.05) is 48.5 Å². The number of esters is 1. The van der Waals surface area contributed by atoms with E-state index in [1.165, 1.54) is 7.11 Å². The van der Waals surface area contributed by atoms with Gasteiger partial charge in [0.05, 0.1) is 7.11 Å². The number of carbonyl (C=O) groups excluding carboxylic acids is 3. The van der Waals surface area contributed by atoms with Crippen LogP contribution in [0.2, 0.25) is 0 Å². The number of methoxy groups -OCH3 is 1. The molecule has 0 bridgehead atoms. The van der Waals surface area contributed by atoms with Gasteiger partial charge in [0.1, 0.15) is 12.6 Å². The SMILES string of the molecule is COC(=O)CC[C@H](NC(=O)C1CC(NC(=O)OCC2c3ccccc3-c3ccccc32)C1)C(=O)O. The van der Waals surface area contributed by atoms with E-state index in [2.05, 4.69) is 27.5 Å². The molecule has 35 heavy (non-hydrogen) atoms. The lowest BCUT2D eigenvalue weighted by Crippen LogP contribution is -2.52. The molecule has 2 amide bonds. The van der Waals surface area contributed by atoms with Crippen LogP contribution in [0.1, 0.15) is 42.7 Å². The lowest BCUT2D eigenvalue weighted by Gasteiger charge is -2.35. The Morgan fingerprint density at radius 1 is 1.00 bits per heavy atom. The zero-order chi connectivity index (χ0) is 24.9. The zero-order valence-electron chi connectivity index (χ0n) is 19.4. The van der Waals surface area contributed by atoms with Gasteiger partial charge in [-0.15, -0.1) is 0 Å². The molecule has 1 fully saturated rings. The van der Waals surface area contributed by atoms with E-state index in [0.717, 1.165) is 22.3 Å². The average Bonchev–Trinajstić information content (AvgIpc) is 3.15. The maximum absolute atomic E-state index is 12.4. The van der Waals surface area contributed by atoms with E-state index in [0.29, 0.717) is 12.8 Å². The van der Waals surface area contributed by atoms with Crippen LogP contribution in [0.3, 0.4) is 0 Å². The van der Waals surface area contributed by atoms with Gasteiger partial charge >= 0.3 is 18.0 Å². The van der Waals surface area contributed by atoms with Crippen LogP contribution in [0.15, 0.2) is 48.5 Å². The van der Waals surface area contributed by atoms with Gasteiger partial charge < -0.3 is 25.2 Å². The van der Waals surface area contributed by atoms with Gasteiger partial charge in [-0.3, -0.25) is 9.59 Å². The van der Waals surface area contributed by atoms with Crippen molar-refractivity contribution in [3.8, 4) is 11.1 Å². The highest BCUT2D eigenvalue weighted by molar-refractivity contribution is 5.86. The van der Waals surface area contributed by atoms with Crippen LogP contribution in [0, 0.1) is 5.92 Å². The number of carbonyl (C=O) groups is 4. The Kier molecular flexibility index (Phi) is 7.33. The predicted octanol–water partition coefficient (Wildman–Crippen LogP) is 2.83. The third kappa shape index (κ3) is 5.45. The smallest absolute Gasteiger partial charge is 0.407 e. The van der Waals surface area contributed by atoms with Gasteiger partial charge in [-0.05, 0) is 41.5 Å². The van der Waals surface area contributed by atoms with Crippen molar-refractivity contribution in [2.75, 3.05) is 13.7 Å². The van der Waals surface area contributed by atoms with Crippen LogP contribution in [0.5, 0.6) is 0 Å². The summed E-state index contributed by atoms with van der Waals surface area (Å²) in [6.07, 6.45) is 0.0718. The number of rotatable bonds is 9. The second-order valence-corrected chi connectivity index (χ2v) is 8.85. The lowest BCUT2D eigenvalue weighted by atomic mass is 9.79. The van der Waals surface area contributed by atoms with Crippen molar-refractivity contribution in [1.29, 1.82) is 0 Å². The van der Waals surface area contributed by atoms with Crippen LogP contribution < -0.4 is 10.6 Å². The molecule has 9 nitrogen and oxygen atoms in total. The highest BCUT2D eigenvalue weighted by Gasteiger charge is 2.37. The normalized spacial score (nSPS) is 18.9. The Morgan fingerprint density at radius 3 is 2.17 bits per heavy atom. The number of alkyl carbamates (subject to hydrolysis) is 1. The van der Waals surface area contributed by atoms with Crippen LogP contribution >= 0.6 is 0 Å². The summed E-state index contributed by atoms with van der Waals surface area (Å²) in [5, 5.41) is 14.5. The van der Waals surface area contributed by atoms with Crippen molar-refractivity contribution in [3.63, 3.8) is 0 Å². The number of amides is 2. The summed E-state index contributed by atoms with van der Waals surface area (Å²) in [6, 6.07) is 14.8. The molecule has 0 unspecified atom stereocenters. The molecular formula is C26H28N2O7. The van der Waals surface area contributed by atoms with Crippen LogP contribution in [0.4, 0.5) is 4.79 Å². The third-order valence-corrected chi connectivity index (χ3v) is 6.65. The minimum absolute atomic E-state index is 0.0361. The maximum Gasteiger partial charge on any atom is 0.407 e. The molecule has 0 heterocycles. The van der Waals surface area contributed by atoms with E-state index in [1.807, 2.05) is 36.4 Å². The standard InChI is InChI=1S/C26H28N2O7/c1-34-23(29)11-10-22(25(31)32)28-24(30)15-12-16(13-15)27-26(33)35-14-21-19-8-4-2-6-17(19)18-7-3-5-9-20(18)21/h2-9,15-16,21-22H,10-14H2,1H3,(H,27,33)(H,28,30)(H,31,32)/t15?,16?,22-/m0/s1. The summed E-state index contributed by atoms with van der Waals surface area (Å²) in [5.41, 5.74) is 4.55. The first kappa shape index (κ1) is 24.3. The minimum atomic E-state index is -1.21. The molecule has 0 radical (unpaired) electrons. The van der Waals surface area contributed by atoms with Crippen molar-refractivity contribution >= 4 is 23.9 Å². The van der Waals surface area contributed by atoms with Gasteiger partial charge in [0.25, 0.3) is 0 Å². The fourth-order valence-corrected chi connectivity index (χ4v) is 4.67. The molecule has 3 N–H and O–H groups in total. The fourth-order valence-electron chi connectivity index (χ4n) is 4.67. The van der Waals surface area contributed by atoms with Gasteiger partial charge in [0, 0.05) is 24.3 Å². The Morgan fingerprint density at radius 2 is 1.60 bits per heavy atom. The number of carboxylic acid groups (broad SMARTS) is 1. The molecule has 1 saturated carbocycles. The van der Waals surface area contributed by atoms with Crippen LogP contribution in [-0.2, 0) is 23.9 Å². The lowest BCUT2D eigenvalue weighted by molar-refractivity contribution is -0.145. The first-order chi connectivity index (χ1) is 16.9. The molecule has 184 valence electrons. The number of hydrogen-bond donors (Lipinski definition) is 3. The summed E-state index contributed by atoms with van der Waals surface area (Å²) in [6.45, 7) is 0.205. The minimum Gasteiger partial charge on any atom is -0.480 e. The van der Waals surface area contributed by atoms with E-state index in [4.69, 9.17) is 4.74 Å². The second kappa shape index (κ2) is 10.6. The topological polar surface area (TPSA) is 131 Å². The maximum atomic E-state index is 12.4. The quantitative estimate of drug-likeness (QED) is 0.470. The summed E-state index contributed by atoms with van der Waals surface area (Å²) in [5.74, 6) is -2.61. The third-order valence-electron chi connectivity index (χ3n) is 6.65. The summed E-state index contributed by atoms with van der Waals surface area (Å²) < 4.78 is 10.0. The Labute approximate surface area is 202 Å². The van der Waals surface area contributed by atoms with E-state index < -0.39 is 35.9 Å². The van der Waals surface area contributed by atoms with E-state index in [-0.39, 0.29) is 31.4 Å². The zero-order valence-corrected chi connectivity index (χ0v) is 19.4. The van der Waals surface area contributed by atoms with E-state index >= 15 is 0 Å². The van der Waals surface area contributed by atoms with Gasteiger partial charge in [-0.25, -0.2) is 9.59 Å². The fraction of sp³-hybridized carbons (Fsp3) is 0.385. The first-order valence-corrected chi connectivity index (χ1v) is 11.6. The molecule has 4 rings (SSSR count). The Bertz CT molecular complexity index is 1080. The van der Waals surface area contributed by atoms with Crippen molar-refractivity contribution in [3.05, 3.63) is 59.7 Å².